The maximum absolute atomic E-state index is 11.2. The number of carbonyl (C=O) groups excluding carboxylic acids is 1. The highest BCUT2D eigenvalue weighted by atomic mass is 16.2. The number of amides is 1. The van der Waals surface area contributed by atoms with Gasteiger partial charge in [0.15, 0.2) is 0 Å². The zero-order chi connectivity index (χ0) is 11.4. The molecule has 4 heteroatoms. The first-order valence-electron chi connectivity index (χ1n) is 5.81. The molecular formula is C11H23N3O. The van der Waals surface area contributed by atoms with Crippen molar-refractivity contribution in [3.05, 3.63) is 0 Å². The fourth-order valence-electron chi connectivity index (χ4n) is 2.43. The molecule has 1 aliphatic rings. The predicted molar refractivity (Wildman–Crippen MR) is 61.0 cm³/mol. The third-order valence-corrected chi connectivity index (χ3v) is 3.63. The van der Waals surface area contributed by atoms with Gasteiger partial charge in [0.2, 0.25) is 5.91 Å². The second-order valence-corrected chi connectivity index (χ2v) is 4.72. The molecule has 1 fully saturated rings. The number of piperidine rings is 1. The Hall–Kier alpha value is -0.610. The molecule has 0 spiro atoms. The molecule has 4 nitrogen and oxygen atoms in total. The molecule has 3 atom stereocenters. The van der Waals surface area contributed by atoms with E-state index in [2.05, 4.69) is 31.1 Å². The van der Waals surface area contributed by atoms with Crippen LogP contribution in [0.3, 0.4) is 0 Å². The van der Waals surface area contributed by atoms with Crippen LogP contribution in [-0.2, 0) is 4.79 Å². The van der Waals surface area contributed by atoms with Crippen molar-refractivity contribution in [2.24, 2.45) is 11.8 Å². The van der Waals surface area contributed by atoms with E-state index in [1.54, 1.807) is 0 Å². The van der Waals surface area contributed by atoms with Gasteiger partial charge in [0, 0.05) is 18.5 Å². The average Bonchev–Trinajstić information content (AvgIpc) is 2.21. The van der Waals surface area contributed by atoms with Crippen LogP contribution in [0.5, 0.6) is 0 Å². The molecule has 3 N–H and O–H groups in total. The van der Waals surface area contributed by atoms with E-state index < -0.39 is 0 Å². The lowest BCUT2D eigenvalue weighted by Crippen LogP contribution is -2.49. The van der Waals surface area contributed by atoms with Crippen molar-refractivity contribution >= 4 is 5.91 Å². The first kappa shape index (κ1) is 12.5. The van der Waals surface area contributed by atoms with E-state index in [4.69, 9.17) is 5.84 Å². The predicted octanol–water partition coefficient (Wildman–Crippen LogP) is 0.875. The van der Waals surface area contributed by atoms with Gasteiger partial charge in [0.25, 0.3) is 0 Å². The van der Waals surface area contributed by atoms with Crippen LogP contribution in [0.15, 0.2) is 0 Å². The van der Waals surface area contributed by atoms with Crippen LogP contribution < -0.4 is 11.3 Å². The van der Waals surface area contributed by atoms with Crippen molar-refractivity contribution in [3.63, 3.8) is 0 Å². The van der Waals surface area contributed by atoms with Gasteiger partial charge in [-0.1, -0.05) is 6.92 Å². The summed E-state index contributed by atoms with van der Waals surface area (Å²) in [6.45, 7) is 7.74. The van der Waals surface area contributed by atoms with Crippen molar-refractivity contribution in [1.29, 1.82) is 0 Å². The molecule has 1 heterocycles. The highest BCUT2D eigenvalue weighted by Crippen LogP contribution is 2.25. The van der Waals surface area contributed by atoms with Gasteiger partial charge in [-0.3, -0.25) is 15.1 Å². The largest absolute Gasteiger partial charge is 0.297 e. The second kappa shape index (κ2) is 5.47. The van der Waals surface area contributed by atoms with Crippen LogP contribution in [0.2, 0.25) is 0 Å². The molecule has 1 amide bonds. The van der Waals surface area contributed by atoms with E-state index in [1.165, 1.54) is 12.8 Å². The average molecular weight is 213 g/mol. The number of carbonyl (C=O) groups is 1. The van der Waals surface area contributed by atoms with Crippen LogP contribution in [0.4, 0.5) is 0 Å². The molecular weight excluding hydrogens is 190 g/mol. The third-order valence-electron chi connectivity index (χ3n) is 3.63. The summed E-state index contributed by atoms with van der Waals surface area (Å²) in [5.74, 6) is 5.74. The van der Waals surface area contributed by atoms with Crippen LogP contribution in [0, 0.1) is 5.92 Å². The van der Waals surface area contributed by atoms with Gasteiger partial charge in [-0.2, -0.15) is 0 Å². The number of hydrogen-bond donors (Lipinski definition) is 2. The molecule has 1 rings (SSSR count). The molecule has 1 aliphatic heterocycles. The minimum atomic E-state index is -0.0760. The number of rotatable bonds is 3. The molecule has 1 saturated heterocycles. The van der Waals surface area contributed by atoms with Crippen LogP contribution >= 0.6 is 0 Å². The van der Waals surface area contributed by atoms with Gasteiger partial charge in [0.1, 0.15) is 0 Å². The van der Waals surface area contributed by atoms with E-state index in [1.807, 2.05) is 0 Å². The lowest BCUT2D eigenvalue weighted by Gasteiger charge is -2.41. The van der Waals surface area contributed by atoms with Gasteiger partial charge >= 0.3 is 0 Å². The van der Waals surface area contributed by atoms with Gasteiger partial charge in [-0.25, -0.2) is 5.84 Å². The zero-order valence-electron chi connectivity index (χ0n) is 9.99. The van der Waals surface area contributed by atoms with Crippen LogP contribution in [0.1, 0.15) is 40.0 Å². The molecule has 0 bridgehead atoms. The minimum absolute atomic E-state index is 0.0760. The Balaban J connectivity index is 2.50. The first-order chi connectivity index (χ1) is 7.06. The van der Waals surface area contributed by atoms with Gasteiger partial charge in [-0.15, -0.1) is 0 Å². The molecule has 0 aromatic heterocycles. The van der Waals surface area contributed by atoms with Crippen LogP contribution in [0.25, 0.3) is 0 Å². The Morgan fingerprint density at radius 2 is 2.27 bits per heavy atom. The molecule has 88 valence electrons. The van der Waals surface area contributed by atoms with Gasteiger partial charge in [0.05, 0.1) is 0 Å². The molecule has 0 aromatic carbocycles. The minimum Gasteiger partial charge on any atom is -0.297 e. The molecule has 3 unspecified atom stereocenters. The molecule has 0 radical (unpaired) electrons. The maximum atomic E-state index is 11.2. The number of nitrogens with one attached hydrogen (secondary N) is 1. The van der Waals surface area contributed by atoms with Crippen LogP contribution in [-0.4, -0.2) is 29.4 Å². The number of hydrazine groups is 1. The lowest BCUT2D eigenvalue weighted by atomic mass is 9.90. The fourth-order valence-corrected chi connectivity index (χ4v) is 2.43. The second-order valence-electron chi connectivity index (χ2n) is 4.72. The Labute approximate surface area is 92.2 Å². The summed E-state index contributed by atoms with van der Waals surface area (Å²) < 4.78 is 0. The Bertz CT molecular complexity index is 220. The topological polar surface area (TPSA) is 58.4 Å². The summed E-state index contributed by atoms with van der Waals surface area (Å²) in [7, 11) is 0. The Morgan fingerprint density at radius 3 is 2.87 bits per heavy atom. The van der Waals surface area contributed by atoms with Crippen molar-refractivity contribution in [1.82, 2.24) is 10.3 Å². The summed E-state index contributed by atoms with van der Waals surface area (Å²) >= 11 is 0. The molecule has 0 saturated carbocycles. The molecule has 0 aromatic rings. The monoisotopic (exact) mass is 213 g/mol. The number of nitrogens with zero attached hydrogens (tertiary/aromatic N) is 1. The van der Waals surface area contributed by atoms with Crippen molar-refractivity contribution < 1.29 is 4.79 Å². The highest BCUT2D eigenvalue weighted by molar-refractivity contribution is 5.75. The highest BCUT2D eigenvalue weighted by Gasteiger charge is 2.28. The van der Waals surface area contributed by atoms with Gasteiger partial charge < -0.3 is 0 Å². The Morgan fingerprint density at radius 1 is 1.60 bits per heavy atom. The fraction of sp³-hybridized carbons (Fsp3) is 0.909. The first-order valence-corrected chi connectivity index (χ1v) is 5.81. The van der Waals surface area contributed by atoms with E-state index >= 15 is 0 Å². The Kier molecular flexibility index (Phi) is 4.54. The van der Waals surface area contributed by atoms with E-state index in [-0.39, 0.29) is 11.9 Å². The van der Waals surface area contributed by atoms with E-state index in [0.29, 0.717) is 12.5 Å². The normalized spacial score (nSPS) is 29.9. The van der Waals surface area contributed by atoms with Crippen molar-refractivity contribution in [3.8, 4) is 0 Å². The smallest absolute Gasteiger partial charge is 0.235 e. The number of hydrogen-bond acceptors (Lipinski definition) is 3. The van der Waals surface area contributed by atoms with Gasteiger partial charge in [-0.05, 0) is 39.2 Å². The standard InChI is InChI=1S/C11H23N3O/c1-8-5-4-6-14(10(8)3)9(2)7-11(15)13-12/h8-10H,4-7,12H2,1-3H3,(H,13,15). The van der Waals surface area contributed by atoms with Crippen molar-refractivity contribution in [2.75, 3.05) is 6.54 Å². The van der Waals surface area contributed by atoms with E-state index in [9.17, 15) is 4.79 Å². The third kappa shape index (κ3) is 3.18. The summed E-state index contributed by atoms with van der Waals surface area (Å²) in [6, 6.07) is 0.852. The number of likely N-dealkylation sites (tertiary alicyclic amines) is 1. The molecule has 15 heavy (non-hydrogen) atoms. The van der Waals surface area contributed by atoms with Crippen molar-refractivity contribution in [2.45, 2.75) is 52.1 Å². The lowest BCUT2D eigenvalue weighted by molar-refractivity contribution is -0.122. The summed E-state index contributed by atoms with van der Waals surface area (Å²) in [5.41, 5.74) is 2.20. The summed E-state index contributed by atoms with van der Waals surface area (Å²) in [5, 5.41) is 0. The zero-order valence-corrected chi connectivity index (χ0v) is 9.99. The summed E-state index contributed by atoms with van der Waals surface area (Å²) in [6.07, 6.45) is 3.03. The quantitative estimate of drug-likeness (QED) is 0.415. The van der Waals surface area contributed by atoms with E-state index in [0.717, 1.165) is 12.5 Å². The maximum Gasteiger partial charge on any atom is 0.235 e. The number of nitrogens with two attached hydrogens (primary N) is 1. The molecule has 0 aliphatic carbocycles. The SMILES string of the molecule is CC1CCCN(C(C)CC(=O)NN)C1C. The summed E-state index contributed by atoms with van der Waals surface area (Å²) in [4.78, 5) is 13.6.